The zero-order valence-electron chi connectivity index (χ0n) is 4.25. The van der Waals surface area contributed by atoms with Crippen molar-refractivity contribution in [3.05, 3.63) is 11.1 Å². The molecule has 0 N–H and O–H groups in total. The summed E-state index contributed by atoms with van der Waals surface area (Å²) < 4.78 is 0. The first kappa shape index (κ1) is 7.51. The van der Waals surface area contributed by atoms with E-state index in [-0.39, 0.29) is 0 Å². The molecular formula is C5H8BrCl. The van der Waals surface area contributed by atoms with Gasteiger partial charge in [-0.1, -0.05) is 40.5 Å². The van der Waals surface area contributed by atoms with Crippen LogP contribution in [0.2, 0.25) is 0 Å². The second kappa shape index (κ2) is 4.66. The summed E-state index contributed by atoms with van der Waals surface area (Å²) in [5.41, 5.74) is 0. The zero-order valence-corrected chi connectivity index (χ0v) is 6.59. The first-order valence-electron chi connectivity index (χ1n) is 2.21. The van der Waals surface area contributed by atoms with E-state index in [4.69, 9.17) is 11.6 Å². The highest BCUT2D eigenvalue weighted by molar-refractivity contribution is 9.09. The third kappa shape index (κ3) is 4.36. The average molecular weight is 183 g/mol. The fraction of sp³-hybridized carbons (Fsp3) is 0.600. The van der Waals surface area contributed by atoms with Crippen LogP contribution < -0.4 is 0 Å². The van der Waals surface area contributed by atoms with Crippen LogP contribution in [0.15, 0.2) is 11.1 Å². The highest BCUT2D eigenvalue weighted by atomic mass is 79.9. The van der Waals surface area contributed by atoms with Gasteiger partial charge in [-0.05, 0) is 6.42 Å². The van der Waals surface area contributed by atoms with Gasteiger partial charge in [0, 0.05) is 10.4 Å². The molecule has 2 heteroatoms. The van der Waals surface area contributed by atoms with Crippen molar-refractivity contribution in [3.63, 3.8) is 0 Å². The van der Waals surface area contributed by atoms with Gasteiger partial charge in [0.15, 0.2) is 0 Å². The molecular weight excluding hydrogens is 175 g/mol. The third-order valence-corrected chi connectivity index (χ3v) is 1.38. The predicted octanol–water partition coefficient (Wildman–Crippen LogP) is 2.91. The van der Waals surface area contributed by atoms with Gasteiger partial charge in [-0.25, -0.2) is 0 Å². The molecule has 0 fully saturated rings. The SMILES string of the molecule is CC/C(Cl)=C/CBr. The maximum Gasteiger partial charge on any atom is 0.0226 e. The summed E-state index contributed by atoms with van der Waals surface area (Å²) in [7, 11) is 0. The molecule has 0 unspecified atom stereocenters. The molecule has 0 aromatic rings. The van der Waals surface area contributed by atoms with Gasteiger partial charge in [-0.2, -0.15) is 0 Å². The standard InChI is InChI=1S/C5H8BrCl/c1-2-5(7)3-4-6/h3H,2,4H2,1H3/b5-3-. The topological polar surface area (TPSA) is 0 Å². The summed E-state index contributed by atoms with van der Waals surface area (Å²) >= 11 is 8.83. The van der Waals surface area contributed by atoms with Crippen molar-refractivity contribution < 1.29 is 0 Å². The zero-order chi connectivity index (χ0) is 5.70. The number of hydrogen-bond acceptors (Lipinski definition) is 0. The summed E-state index contributed by atoms with van der Waals surface area (Å²) in [6.45, 7) is 2.03. The van der Waals surface area contributed by atoms with Gasteiger partial charge in [-0.3, -0.25) is 0 Å². The Morgan fingerprint density at radius 1 is 1.86 bits per heavy atom. The van der Waals surface area contributed by atoms with Gasteiger partial charge < -0.3 is 0 Å². The highest BCUT2D eigenvalue weighted by Crippen LogP contribution is 2.05. The van der Waals surface area contributed by atoms with Gasteiger partial charge >= 0.3 is 0 Å². The van der Waals surface area contributed by atoms with E-state index in [9.17, 15) is 0 Å². The van der Waals surface area contributed by atoms with Crippen LogP contribution in [0.25, 0.3) is 0 Å². The van der Waals surface area contributed by atoms with Crippen molar-refractivity contribution in [1.29, 1.82) is 0 Å². The Bertz CT molecular complexity index is 68.5. The van der Waals surface area contributed by atoms with Crippen LogP contribution in [0.4, 0.5) is 0 Å². The maximum atomic E-state index is 5.60. The van der Waals surface area contributed by atoms with Gasteiger partial charge in [0.25, 0.3) is 0 Å². The van der Waals surface area contributed by atoms with Crippen molar-refractivity contribution in [3.8, 4) is 0 Å². The molecule has 0 aromatic heterocycles. The van der Waals surface area contributed by atoms with Crippen LogP contribution in [0, 0.1) is 0 Å². The molecule has 0 aliphatic carbocycles. The summed E-state index contributed by atoms with van der Waals surface area (Å²) in [6.07, 6.45) is 2.88. The lowest BCUT2D eigenvalue weighted by Crippen LogP contribution is -1.65. The minimum atomic E-state index is 0.861. The molecule has 0 heterocycles. The molecule has 0 saturated carbocycles. The Morgan fingerprint density at radius 2 is 2.43 bits per heavy atom. The van der Waals surface area contributed by atoms with Crippen molar-refractivity contribution >= 4 is 27.5 Å². The van der Waals surface area contributed by atoms with E-state index in [2.05, 4.69) is 15.9 Å². The van der Waals surface area contributed by atoms with E-state index in [0.717, 1.165) is 16.8 Å². The third-order valence-electron chi connectivity index (χ3n) is 0.636. The summed E-state index contributed by atoms with van der Waals surface area (Å²) in [5.74, 6) is 0. The molecule has 0 aliphatic rings. The van der Waals surface area contributed by atoms with E-state index < -0.39 is 0 Å². The molecule has 0 nitrogen and oxygen atoms in total. The molecule has 42 valence electrons. The maximum absolute atomic E-state index is 5.60. The van der Waals surface area contributed by atoms with Crippen LogP contribution in [-0.4, -0.2) is 5.33 Å². The second-order valence-electron chi connectivity index (χ2n) is 1.16. The van der Waals surface area contributed by atoms with Gasteiger partial charge in [-0.15, -0.1) is 0 Å². The minimum Gasteiger partial charge on any atom is -0.0895 e. The van der Waals surface area contributed by atoms with Crippen LogP contribution in [0.3, 0.4) is 0 Å². The van der Waals surface area contributed by atoms with E-state index >= 15 is 0 Å². The lowest BCUT2D eigenvalue weighted by Gasteiger charge is -1.84. The minimum absolute atomic E-state index is 0.861. The highest BCUT2D eigenvalue weighted by Gasteiger charge is 1.80. The Hall–Kier alpha value is 0.510. The number of hydrogen-bond donors (Lipinski definition) is 0. The molecule has 0 amide bonds. The first-order chi connectivity index (χ1) is 3.31. The quantitative estimate of drug-likeness (QED) is 0.578. The molecule has 7 heavy (non-hydrogen) atoms. The average Bonchev–Trinajstić information content (AvgIpc) is 1.68. The van der Waals surface area contributed by atoms with E-state index in [0.29, 0.717) is 0 Å². The van der Waals surface area contributed by atoms with Crippen molar-refractivity contribution in [2.45, 2.75) is 13.3 Å². The fourth-order valence-electron chi connectivity index (χ4n) is 0.228. The summed E-state index contributed by atoms with van der Waals surface area (Å²) in [5, 5.41) is 1.79. The van der Waals surface area contributed by atoms with Gasteiger partial charge in [0.05, 0.1) is 0 Å². The predicted molar refractivity (Wildman–Crippen MR) is 38.0 cm³/mol. The number of rotatable bonds is 2. The van der Waals surface area contributed by atoms with Crippen LogP contribution in [0.5, 0.6) is 0 Å². The van der Waals surface area contributed by atoms with Crippen LogP contribution in [0.1, 0.15) is 13.3 Å². The molecule has 0 saturated heterocycles. The number of halogens is 2. The number of allylic oxidation sites excluding steroid dienone is 2. The Morgan fingerprint density at radius 3 is 2.57 bits per heavy atom. The van der Waals surface area contributed by atoms with E-state index in [1.165, 1.54) is 0 Å². The summed E-state index contributed by atoms with van der Waals surface area (Å²) in [6, 6.07) is 0. The van der Waals surface area contributed by atoms with Crippen molar-refractivity contribution in [2.24, 2.45) is 0 Å². The largest absolute Gasteiger partial charge is 0.0895 e. The van der Waals surface area contributed by atoms with Crippen molar-refractivity contribution in [2.75, 3.05) is 5.33 Å². The Kier molecular flexibility index (Phi) is 5.00. The summed E-state index contributed by atoms with van der Waals surface area (Å²) in [4.78, 5) is 0. The Balaban J connectivity index is 3.29. The number of alkyl halides is 1. The van der Waals surface area contributed by atoms with Gasteiger partial charge in [0.2, 0.25) is 0 Å². The van der Waals surface area contributed by atoms with Crippen LogP contribution in [-0.2, 0) is 0 Å². The molecule has 0 aromatic carbocycles. The van der Waals surface area contributed by atoms with Crippen LogP contribution >= 0.6 is 27.5 Å². The lowest BCUT2D eigenvalue weighted by atomic mass is 10.4. The van der Waals surface area contributed by atoms with E-state index in [1.54, 1.807) is 0 Å². The molecule has 0 rings (SSSR count). The normalized spacial score (nSPS) is 12.1. The molecule has 0 atom stereocenters. The fourth-order valence-corrected chi connectivity index (χ4v) is 0.882. The monoisotopic (exact) mass is 182 g/mol. The van der Waals surface area contributed by atoms with Gasteiger partial charge in [0.1, 0.15) is 0 Å². The smallest absolute Gasteiger partial charge is 0.0226 e. The first-order valence-corrected chi connectivity index (χ1v) is 3.71. The molecule has 0 bridgehead atoms. The Labute approximate surface area is 57.7 Å². The molecule has 0 radical (unpaired) electrons. The molecule has 0 aliphatic heterocycles. The molecule has 0 spiro atoms. The van der Waals surface area contributed by atoms with Crippen molar-refractivity contribution in [1.82, 2.24) is 0 Å². The second-order valence-corrected chi connectivity index (χ2v) is 2.29. The van der Waals surface area contributed by atoms with E-state index in [1.807, 2.05) is 13.0 Å². The lowest BCUT2D eigenvalue weighted by molar-refractivity contribution is 1.19.